The fourth-order valence-electron chi connectivity index (χ4n) is 3.81. The third-order valence-electron chi connectivity index (χ3n) is 5.13. The van der Waals surface area contributed by atoms with Crippen LogP contribution in [0.25, 0.3) is 0 Å². The second-order valence-corrected chi connectivity index (χ2v) is 8.66. The van der Waals surface area contributed by atoms with E-state index < -0.39 is 15.6 Å². The van der Waals surface area contributed by atoms with Gasteiger partial charge >= 0.3 is 0 Å². The molecule has 9 heteroatoms. The van der Waals surface area contributed by atoms with Crippen molar-refractivity contribution in [3.63, 3.8) is 0 Å². The first kappa shape index (κ1) is 18.3. The van der Waals surface area contributed by atoms with Crippen LogP contribution in [0.15, 0.2) is 9.42 Å². The van der Waals surface area contributed by atoms with Crippen molar-refractivity contribution in [3.8, 4) is 0 Å². The minimum atomic E-state index is -3.89. The van der Waals surface area contributed by atoms with Gasteiger partial charge in [0.05, 0.1) is 0 Å². The van der Waals surface area contributed by atoms with Crippen molar-refractivity contribution in [2.45, 2.75) is 68.8 Å². The van der Waals surface area contributed by atoms with Gasteiger partial charge in [-0.2, -0.15) is 4.72 Å². The highest BCUT2D eigenvalue weighted by Gasteiger charge is 2.46. The van der Waals surface area contributed by atoms with Crippen LogP contribution in [-0.2, 0) is 14.8 Å². The minimum absolute atomic E-state index is 0.0356. The molecule has 25 heavy (non-hydrogen) atoms. The maximum Gasteiger partial charge on any atom is 0.246 e. The van der Waals surface area contributed by atoms with Crippen molar-refractivity contribution < 1.29 is 17.7 Å². The molecule has 0 unspecified atom stereocenters. The van der Waals surface area contributed by atoms with Gasteiger partial charge in [-0.3, -0.25) is 4.79 Å². The highest BCUT2D eigenvalue weighted by atomic mass is 32.2. The number of aromatic nitrogens is 1. The van der Waals surface area contributed by atoms with Gasteiger partial charge in [0.2, 0.25) is 15.9 Å². The van der Waals surface area contributed by atoms with Gasteiger partial charge in [0.25, 0.3) is 0 Å². The van der Waals surface area contributed by atoms with Gasteiger partial charge in [-0.1, -0.05) is 18.0 Å². The lowest BCUT2D eigenvalue weighted by Gasteiger charge is -2.32. The lowest BCUT2D eigenvalue weighted by molar-refractivity contribution is -0.127. The molecule has 0 aromatic carbocycles. The molecule has 140 valence electrons. The number of aryl methyl sites for hydroxylation is 2. The summed E-state index contributed by atoms with van der Waals surface area (Å²) in [5.41, 5.74) is -0.781. The zero-order valence-corrected chi connectivity index (χ0v) is 15.5. The molecule has 0 atom stereocenters. The molecular formula is C16H26N4O4S. The van der Waals surface area contributed by atoms with Gasteiger partial charge < -0.3 is 15.2 Å². The van der Waals surface area contributed by atoms with Gasteiger partial charge in [0.15, 0.2) is 5.76 Å². The van der Waals surface area contributed by atoms with Crippen molar-refractivity contribution in [2.75, 3.05) is 13.1 Å². The summed E-state index contributed by atoms with van der Waals surface area (Å²) in [4.78, 5) is 13.0. The van der Waals surface area contributed by atoms with E-state index >= 15 is 0 Å². The van der Waals surface area contributed by atoms with Crippen LogP contribution < -0.4 is 15.4 Å². The average molecular weight is 370 g/mol. The van der Waals surface area contributed by atoms with Gasteiger partial charge in [0, 0.05) is 6.04 Å². The van der Waals surface area contributed by atoms with Crippen molar-refractivity contribution in [1.82, 2.24) is 20.5 Å². The lowest BCUT2D eigenvalue weighted by Crippen LogP contribution is -2.59. The summed E-state index contributed by atoms with van der Waals surface area (Å²) in [6, 6.07) is 0.0924. The third kappa shape index (κ3) is 3.73. The summed E-state index contributed by atoms with van der Waals surface area (Å²) >= 11 is 0. The van der Waals surface area contributed by atoms with Crippen molar-refractivity contribution >= 4 is 15.9 Å². The van der Waals surface area contributed by atoms with Crippen LogP contribution in [-0.4, -0.2) is 44.2 Å². The number of nitrogens with zero attached hydrogens (tertiary/aromatic N) is 1. The molecule has 2 aliphatic rings. The van der Waals surface area contributed by atoms with Crippen molar-refractivity contribution in [3.05, 3.63) is 11.5 Å². The molecule has 1 aliphatic heterocycles. The van der Waals surface area contributed by atoms with Crippen LogP contribution >= 0.6 is 0 Å². The van der Waals surface area contributed by atoms with Crippen LogP contribution in [0.2, 0.25) is 0 Å². The van der Waals surface area contributed by atoms with Crippen LogP contribution in [0.4, 0.5) is 0 Å². The lowest BCUT2D eigenvalue weighted by atomic mass is 9.96. The minimum Gasteiger partial charge on any atom is -0.360 e. The molecule has 2 fully saturated rings. The molecule has 0 radical (unpaired) electrons. The highest BCUT2D eigenvalue weighted by molar-refractivity contribution is 7.89. The first-order chi connectivity index (χ1) is 11.8. The quantitative estimate of drug-likeness (QED) is 0.705. The second-order valence-electron chi connectivity index (χ2n) is 7.05. The number of rotatable bonds is 5. The summed E-state index contributed by atoms with van der Waals surface area (Å²) in [5.74, 6) is 0.0177. The standard InChI is InChI=1S/C16H26N4O4S/c1-11-14(12(2)24-19-11)25(22,23)20-16(7-3-4-8-16)15(21)18-13-5-9-17-10-6-13/h13,17,20H,3-10H2,1-2H3,(H,18,21). The molecule has 3 rings (SSSR count). The normalized spacial score (nSPS) is 21.4. The molecule has 1 aromatic heterocycles. The molecule has 1 aromatic rings. The summed E-state index contributed by atoms with van der Waals surface area (Å²) in [5, 5.41) is 10.0. The van der Waals surface area contributed by atoms with Crippen LogP contribution in [0.3, 0.4) is 0 Å². The van der Waals surface area contributed by atoms with Crippen molar-refractivity contribution in [1.29, 1.82) is 0 Å². The fraction of sp³-hybridized carbons (Fsp3) is 0.750. The summed E-state index contributed by atoms with van der Waals surface area (Å²) in [7, 11) is -3.89. The van der Waals surface area contributed by atoms with E-state index in [2.05, 4.69) is 20.5 Å². The van der Waals surface area contributed by atoms with E-state index in [1.165, 1.54) is 0 Å². The van der Waals surface area contributed by atoms with Gasteiger partial charge in [-0.05, 0) is 52.6 Å². The topological polar surface area (TPSA) is 113 Å². The predicted octanol–water partition coefficient (Wildman–Crippen LogP) is 0.751. The number of hydrogen-bond acceptors (Lipinski definition) is 6. The van der Waals surface area contributed by atoms with E-state index in [0.717, 1.165) is 38.8 Å². The van der Waals surface area contributed by atoms with E-state index in [9.17, 15) is 13.2 Å². The zero-order valence-electron chi connectivity index (χ0n) is 14.7. The number of piperidine rings is 1. The third-order valence-corrected chi connectivity index (χ3v) is 6.91. The summed E-state index contributed by atoms with van der Waals surface area (Å²) in [6.45, 7) is 4.87. The van der Waals surface area contributed by atoms with E-state index in [4.69, 9.17) is 4.52 Å². The maximum absolute atomic E-state index is 13.0. The van der Waals surface area contributed by atoms with E-state index in [1.807, 2.05) is 0 Å². The number of carbonyl (C=O) groups is 1. The number of nitrogens with one attached hydrogen (secondary N) is 3. The number of carbonyl (C=O) groups excluding carboxylic acids is 1. The van der Waals surface area contributed by atoms with E-state index in [0.29, 0.717) is 18.5 Å². The first-order valence-electron chi connectivity index (χ1n) is 8.83. The maximum atomic E-state index is 13.0. The Kier molecular flexibility index (Phi) is 5.17. The predicted molar refractivity (Wildman–Crippen MR) is 91.5 cm³/mol. The highest BCUT2D eigenvalue weighted by Crippen LogP contribution is 2.33. The fourth-order valence-corrected chi connectivity index (χ4v) is 5.57. The van der Waals surface area contributed by atoms with Gasteiger partial charge in [-0.15, -0.1) is 0 Å². The van der Waals surface area contributed by atoms with E-state index in [-0.39, 0.29) is 22.6 Å². The first-order valence-corrected chi connectivity index (χ1v) is 10.3. The number of sulfonamides is 1. The van der Waals surface area contributed by atoms with Gasteiger partial charge in [0.1, 0.15) is 16.1 Å². The Labute approximate surface area is 148 Å². The molecule has 3 N–H and O–H groups in total. The molecule has 1 saturated heterocycles. The number of hydrogen-bond donors (Lipinski definition) is 3. The van der Waals surface area contributed by atoms with Crippen LogP contribution in [0.5, 0.6) is 0 Å². The Morgan fingerprint density at radius 1 is 1.24 bits per heavy atom. The average Bonchev–Trinajstić information content (AvgIpc) is 3.15. The largest absolute Gasteiger partial charge is 0.360 e. The Morgan fingerprint density at radius 3 is 2.44 bits per heavy atom. The molecule has 1 aliphatic carbocycles. The number of amides is 1. The molecule has 0 bridgehead atoms. The molecule has 8 nitrogen and oxygen atoms in total. The summed E-state index contributed by atoms with van der Waals surface area (Å²) < 4.78 is 33.5. The molecular weight excluding hydrogens is 344 g/mol. The van der Waals surface area contributed by atoms with E-state index in [1.54, 1.807) is 13.8 Å². The Bertz CT molecular complexity index is 712. The van der Waals surface area contributed by atoms with Crippen LogP contribution in [0.1, 0.15) is 50.0 Å². The second kappa shape index (κ2) is 7.05. The SMILES string of the molecule is Cc1noc(C)c1S(=O)(=O)NC1(C(=O)NC2CCNCC2)CCCC1. The Hall–Kier alpha value is -1.45. The molecule has 1 amide bonds. The molecule has 0 spiro atoms. The van der Waals surface area contributed by atoms with Gasteiger partial charge in [-0.25, -0.2) is 8.42 Å². The zero-order chi connectivity index (χ0) is 18.1. The Balaban J connectivity index is 1.81. The smallest absolute Gasteiger partial charge is 0.246 e. The molecule has 2 heterocycles. The summed E-state index contributed by atoms with van der Waals surface area (Å²) in [6.07, 6.45) is 4.38. The monoisotopic (exact) mass is 370 g/mol. The van der Waals surface area contributed by atoms with Crippen molar-refractivity contribution in [2.24, 2.45) is 0 Å². The molecule has 1 saturated carbocycles. The Morgan fingerprint density at radius 2 is 1.88 bits per heavy atom. The van der Waals surface area contributed by atoms with Crippen LogP contribution in [0, 0.1) is 13.8 Å².